The van der Waals surface area contributed by atoms with Crippen molar-refractivity contribution >= 4 is 5.91 Å². The van der Waals surface area contributed by atoms with Crippen molar-refractivity contribution in [3.63, 3.8) is 0 Å². The van der Waals surface area contributed by atoms with Crippen LogP contribution in [0.15, 0.2) is 30.3 Å². The van der Waals surface area contributed by atoms with Crippen molar-refractivity contribution in [3.8, 4) is 6.07 Å². The van der Waals surface area contributed by atoms with E-state index in [0.717, 1.165) is 39.1 Å². The van der Waals surface area contributed by atoms with Crippen LogP contribution in [-0.4, -0.2) is 68.2 Å². The molecule has 1 aliphatic rings. The third-order valence-electron chi connectivity index (χ3n) is 4.03. The van der Waals surface area contributed by atoms with Crippen LogP contribution < -0.4 is 5.32 Å². The molecule has 1 aromatic carbocycles. The van der Waals surface area contributed by atoms with Crippen molar-refractivity contribution in [2.45, 2.75) is 13.0 Å². The standard InChI is InChI=1S/C18H26N4O2/c19-7-8-20-18(23)16-22-10-4-9-21(11-13-24-14-12-22)15-17-5-2-1-3-6-17/h1-3,5-6H,4,8-16H2,(H,20,23). The van der Waals surface area contributed by atoms with Crippen LogP contribution in [0.5, 0.6) is 0 Å². The van der Waals surface area contributed by atoms with Crippen molar-refractivity contribution in [1.82, 2.24) is 15.1 Å². The maximum Gasteiger partial charge on any atom is 0.235 e. The highest BCUT2D eigenvalue weighted by Crippen LogP contribution is 2.06. The maximum absolute atomic E-state index is 11.8. The van der Waals surface area contributed by atoms with E-state index < -0.39 is 0 Å². The topological polar surface area (TPSA) is 68.6 Å². The average Bonchev–Trinajstić information content (AvgIpc) is 2.60. The van der Waals surface area contributed by atoms with E-state index in [2.05, 4.69) is 39.4 Å². The number of carbonyl (C=O) groups excluding carboxylic acids is 1. The van der Waals surface area contributed by atoms with Gasteiger partial charge >= 0.3 is 0 Å². The molecule has 0 spiro atoms. The minimum absolute atomic E-state index is 0.0635. The molecule has 1 N–H and O–H groups in total. The number of benzene rings is 1. The first-order chi connectivity index (χ1) is 11.8. The molecule has 24 heavy (non-hydrogen) atoms. The first-order valence-electron chi connectivity index (χ1n) is 8.48. The van der Waals surface area contributed by atoms with Crippen molar-refractivity contribution in [2.75, 3.05) is 52.5 Å². The Morgan fingerprint density at radius 1 is 1.12 bits per heavy atom. The molecule has 0 aromatic heterocycles. The van der Waals surface area contributed by atoms with Gasteiger partial charge in [0.05, 0.1) is 25.8 Å². The SMILES string of the molecule is N#CCNC(=O)CN1CCCN(Cc2ccccc2)CCOCC1. The first kappa shape index (κ1) is 18.4. The van der Waals surface area contributed by atoms with Gasteiger partial charge in [-0.05, 0) is 25.1 Å². The Morgan fingerprint density at radius 3 is 2.58 bits per heavy atom. The van der Waals surface area contributed by atoms with E-state index in [0.29, 0.717) is 19.8 Å². The van der Waals surface area contributed by atoms with Gasteiger partial charge in [-0.2, -0.15) is 5.26 Å². The molecule has 1 saturated heterocycles. The Hall–Kier alpha value is -1.94. The Kier molecular flexibility index (Phi) is 8.25. The molecule has 0 saturated carbocycles. The lowest BCUT2D eigenvalue weighted by molar-refractivity contribution is -0.122. The summed E-state index contributed by atoms with van der Waals surface area (Å²) in [6.45, 7) is 6.16. The average molecular weight is 330 g/mol. The molecular weight excluding hydrogens is 304 g/mol. The second-order valence-electron chi connectivity index (χ2n) is 5.94. The van der Waals surface area contributed by atoms with Crippen LogP contribution in [0.3, 0.4) is 0 Å². The van der Waals surface area contributed by atoms with Crippen LogP contribution in [0.4, 0.5) is 0 Å². The Labute approximate surface area is 144 Å². The molecule has 1 aromatic rings. The van der Waals surface area contributed by atoms with Gasteiger partial charge in [0.15, 0.2) is 0 Å². The van der Waals surface area contributed by atoms with Crippen LogP contribution in [0, 0.1) is 11.3 Å². The van der Waals surface area contributed by atoms with Gasteiger partial charge in [-0.1, -0.05) is 30.3 Å². The van der Waals surface area contributed by atoms with Crippen LogP contribution in [-0.2, 0) is 16.1 Å². The van der Waals surface area contributed by atoms with Crippen molar-refractivity contribution < 1.29 is 9.53 Å². The van der Waals surface area contributed by atoms with Gasteiger partial charge in [-0.15, -0.1) is 0 Å². The molecule has 0 atom stereocenters. The summed E-state index contributed by atoms with van der Waals surface area (Å²) in [5.74, 6) is -0.102. The van der Waals surface area contributed by atoms with E-state index in [-0.39, 0.29) is 12.5 Å². The number of hydrogen-bond donors (Lipinski definition) is 1. The first-order valence-corrected chi connectivity index (χ1v) is 8.48. The zero-order valence-electron chi connectivity index (χ0n) is 14.1. The molecule has 1 heterocycles. The number of ether oxygens (including phenoxy) is 1. The van der Waals surface area contributed by atoms with E-state index in [1.165, 1.54) is 5.56 Å². The van der Waals surface area contributed by atoms with Crippen LogP contribution in [0.1, 0.15) is 12.0 Å². The highest BCUT2D eigenvalue weighted by molar-refractivity contribution is 5.78. The van der Waals surface area contributed by atoms with Gasteiger partial charge in [0.25, 0.3) is 0 Å². The smallest absolute Gasteiger partial charge is 0.235 e. The third-order valence-corrected chi connectivity index (χ3v) is 4.03. The number of carbonyl (C=O) groups is 1. The molecule has 0 unspecified atom stereocenters. The molecule has 6 heteroatoms. The molecule has 130 valence electrons. The van der Waals surface area contributed by atoms with E-state index in [1.807, 2.05) is 12.1 Å². The predicted molar refractivity (Wildman–Crippen MR) is 92.2 cm³/mol. The predicted octanol–water partition coefficient (Wildman–Crippen LogP) is 0.851. The lowest BCUT2D eigenvalue weighted by Crippen LogP contribution is -2.41. The van der Waals surface area contributed by atoms with E-state index >= 15 is 0 Å². The normalized spacial score (nSPS) is 17.8. The Bertz CT molecular complexity index is 530. The number of nitrogens with one attached hydrogen (secondary N) is 1. The summed E-state index contributed by atoms with van der Waals surface area (Å²) in [6.07, 6.45) is 1.01. The van der Waals surface area contributed by atoms with Crippen LogP contribution in [0.25, 0.3) is 0 Å². The second kappa shape index (κ2) is 10.8. The van der Waals surface area contributed by atoms with Crippen LogP contribution >= 0.6 is 0 Å². The van der Waals surface area contributed by atoms with Gasteiger partial charge in [0.2, 0.25) is 5.91 Å². The van der Waals surface area contributed by atoms with Gasteiger partial charge in [-0.3, -0.25) is 14.6 Å². The Morgan fingerprint density at radius 2 is 1.83 bits per heavy atom. The van der Waals surface area contributed by atoms with Gasteiger partial charge in [0.1, 0.15) is 6.54 Å². The highest BCUT2D eigenvalue weighted by atomic mass is 16.5. The summed E-state index contributed by atoms with van der Waals surface area (Å²) in [6, 6.07) is 12.4. The highest BCUT2D eigenvalue weighted by Gasteiger charge is 2.14. The molecule has 0 aliphatic carbocycles. The lowest BCUT2D eigenvalue weighted by atomic mass is 10.2. The summed E-state index contributed by atoms with van der Waals surface area (Å²) in [7, 11) is 0. The minimum atomic E-state index is -0.102. The molecule has 0 radical (unpaired) electrons. The number of rotatable bonds is 5. The summed E-state index contributed by atoms with van der Waals surface area (Å²) in [5.41, 5.74) is 1.31. The van der Waals surface area contributed by atoms with E-state index in [9.17, 15) is 4.79 Å². The molecule has 0 bridgehead atoms. The number of hydrogen-bond acceptors (Lipinski definition) is 5. The van der Waals surface area contributed by atoms with Gasteiger partial charge in [0, 0.05) is 19.6 Å². The maximum atomic E-state index is 11.8. The molecule has 1 fully saturated rings. The fraction of sp³-hybridized carbons (Fsp3) is 0.556. The van der Waals surface area contributed by atoms with E-state index in [1.54, 1.807) is 0 Å². The monoisotopic (exact) mass is 330 g/mol. The summed E-state index contributed by atoms with van der Waals surface area (Å²) in [5, 5.41) is 11.1. The molecule has 1 aliphatic heterocycles. The third kappa shape index (κ3) is 7.09. The summed E-state index contributed by atoms with van der Waals surface area (Å²) >= 11 is 0. The molecule has 6 nitrogen and oxygen atoms in total. The second-order valence-corrected chi connectivity index (χ2v) is 5.94. The quantitative estimate of drug-likeness (QED) is 0.811. The van der Waals surface area contributed by atoms with Crippen molar-refractivity contribution in [2.24, 2.45) is 0 Å². The molecule has 2 rings (SSSR count). The summed E-state index contributed by atoms with van der Waals surface area (Å²) < 4.78 is 5.70. The Balaban J connectivity index is 1.81. The zero-order chi connectivity index (χ0) is 17.0. The van der Waals surface area contributed by atoms with Crippen molar-refractivity contribution in [3.05, 3.63) is 35.9 Å². The molecule has 1 amide bonds. The number of nitrogens with zero attached hydrogens (tertiary/aromatic N) is 3. The minimum Gasteiger partial charge on any atom is -0.379 e. The van der Waals surface area contributed by atoms with Gasteiger partial charge < -0.3 is 10.1 Å². The number of amides is 1. The fourth-order valence-corrected chi connectivity index (χ4v) is 2.79. The number of nitriles is 1. The summed E-state index contributed by atoms with van der Waals surface area (Å²) in [4.78, 5) is 16.3. The lowest BCUT2D eigenvalue weighted by Gasteiger charge is -2.27. The largest absolute Gasteiger partial charge is 0.379 e. The van der Waals surface area contributed by atoms with E-state index in [4.69, 9.17) is 10.00 Å². The van der Waals surface area contributed by atoms with Crippen LogP contribution in [0.2, 0.25) is 0 Å². The van der Waals surface area contributed by atoms with Crippen molar-refractivity contribution in [1.29, 1.82) is 5.26 Å². The zero-order valence-corrected chi connectivity index (χ0v) is 14.1. The van der Waals surface area contributed by atoms with Gasteiger partial charge in [-0.25, -0.2) is 0 Å². The fourth-order valence-electron chi connectivity index (χ4n) is 2.79. The molecular formula is C18H26N4O2.